The van der Waals surface area contributed by atoms with E-state index in [9.17, 15) is 13.2 Å². The lowest BCUT2D eigenvalue weighted by Gasteiger charge is -1.95. The van der Waals surface area contributed by atoms with Crippen molar-refractivity contribution in [2.75, 3.05) is 12.0 Å². The molecule has 0 radical (unpaired) electrons. The summed E-state index contributed by atoms with van der Waals surface area (Å²) < 4.78 is 22.7. The minimum atomic E-state index is -3.06. The van der Waals surface area contributed by atoms with Crippen molar-refractivity contribution in [3.8, 4) is 0 Å². The highest BCUT2D eigenvalue weighted by atomic mass is 79.9. The van der Waals surface area contributed by atoms with Gasteiger partial charge >= 0.3 is 0 Å². The van der Waals surface area contributed by atoms with E-state index in [1.54, 1.807) is 6.07 Å². The van der Waals surface area contributed by atoms with Gasteiger partial charge in [-0.15, -0.1) is 11.3 Å². The van der Waals surface area contributed by atoms with Crippen molar-refractivity contribution in [1.82, 2.24) is 0 Å². The number of hydrogen-bond donors (Lipinski definition) is 0. The molecule has 0 aliphatic rings. The Bertz CT molecular complexity index is 454. The van der Waals surface area contributed by atoms with Gasteiger partial charge in [-0.05, 0) is 34.5 Å². The summed E-state index contributed by atoms with van der Waals surface area (Å²) in [6.07, 6.45) is 1.20. The van der Waals surface area contributed by atoms with Crippen molar-refractivity contribution in [3.63, 3.8) is 0 Å². The number of thiophene rings is 1. The van der Waals surface area contributed by atoms with Gasteiger partial charge in [0.15, 0.2) is 5.78 Å². The molecule has 0 aromatic carbocycles. The fourth-order valence-electron chi connectivity index (χ4n) is 0.999. The summed E-state index contributed by atoms with van der Waals surface area (Å²) >= 11 is 4.67. The molecule has 0 spiro atoms. The molecule has 1 rings (SSSR count). The Morgan fingerprint density at radius 1 is 1.53 bits per heavy atom. The highest BCUT2D eigenvalue weighted by Crippen LogP contribution is 2.28. The zero-order chi connectivity index (χ0) is 11.6. The molecule has 0 saturated heterocycles. The number of aryl methyl sites for hydroxylation is 1. The molecule has 1 aromatic rings. The quantitative estimate of drug-likeness (QED) is 0.803. The van der Waals surface area contributed by atoms with E-state index in [4.69, 9.17) is 0 Å². The molecule has 1 heterocycles. The fourth-order valence-corrected chi connectivity index (χ4v) is 3.06. The lowest BCUT2D eigenvalue weighted by Crippen LogP contribution is -2.08. The van der Waals surface area contributed by atoms with Gasteiger partial charge in [0.05, 0.1) is 14.4 Å². The average molecular weight is 311 g/mol. The summed E-state index contributed by atoms with van der Waals surface area (Å²) in [5, 5.41) is 0. The molecule has 1 aromatic heterocycles. The van der Waals surface area contributed by atoms with Crippen LogP contribution in [0.2, 0.25) is 0 Å². The first-order valence-electron chi connectivity index (χ1n) is 4.26. The van der Waals surface area contributed by atoms with Crippen molar-refractivity contribution in [3.05, 3.63) is 20.3 Å². The zero-order valence-electron chi connectivity index (χ0n) is 8.41. The van der Waals surface area contributed by atoms with Crippen LogP contribution in [0.25, 0.3) is 0 Å². The molecule has 15 heavy (non-hydrogen) atoms. The van der Waals surface area contributed by atoms with Crippen LogP contribution >= 0.6 is 27.3 Å². The van der Waals surface area contributed by atoms with Crippen LogP contribution < -0.4 is 0 Å². The molecule has 0 saturated carbocycles. The van der Waals surface area contributed by atoms with Gasteiger partial charge in [-0.2, -0.15) is 0 Å². The van der Waals surface area contributed by atoms with Gasteiger partial charge in [-0.1, -0.05) is 0 Å². The molecule has 6 heteroatoms. The Kier molecular flexibility index (Phi) is 4.08. The Morgan fingerprint density at radius 3 is 2.53 bits per heavy atom. The molecular weight excluding hydrogens is 300 g/mol. The summed E-state index contributed by atoms with van der Waals surface area (Å²) in [6.45, 7) is 1.90. The van der Waals surface area contributed by atoms with E-state index in [1.165, 1.54) is 11.3 Å². The second-order valence-electron chi connectivity index (χ2n) is 3.37. The normalized spacial score (nSPS) is 11.7. The Morgan fingerprint density at radius 2 is 2.13 bits per heavy atom. The van der Waals surface area contributed by atoms with Crippen molar-refractivity contribution < 1.29 is 13.2 Å². The number of halogens is 1. The minimum absolute atomic E-state index is 0.0607. The topological polar surface area (TPSA) is 51.2 Å². The molecule has 0 aliphatic carbocycles. The zero-order valence-corrected chi connectivity index (χ0v) is 11.6. The number of sulfone groups is 1. The van der Waals surface area contributed by atoms with Gasteiger partial charge in [-0.25, -0.2) is 8.42 Å². The van der Waals surface area contributed by atoms with Crippen molar-refractivity contribution >= 4 is 42.9 Å². The van der Waals surface area contributed by atoms with Crippen LogP contribution in [0.1, 0.15) is 21.7 Å². The summed E-state index contributed by atoms with van der Waals surface area (Å²) in [4.78, 5) is 12.2. The van der Waals surface area contributed by atoms with Crippen LogP contribution in [-0.4, -0.2) is 26.2 Å². The first kappa shape index (κ1) is 12.9. The molecule has 3 nitrogen and oxygen atoms in total. The van der Waals surface area contributed by atoms with E-state index in [2.05, 4.69) is 15.9 Å². The van der Waals surface area contributed by atoms with Crippen LogP contribution in [-0.2, 0) is 9.84 Å². The van der Waals surface area contributed by atoms with Crippen LogP contribution in [0.5, 0.6) is 0 Å². The second-order valence-corrected chi connectivity index (χ2v) is 8.00. The maximum atomic E-state index is 11.6. The number of carbonyl (C=O) groups is 1. The van der Waals surface area contributed by atoms with Crippen LogP contribution in [0, 0.1) is 6.92 Å². The maximum Gasteiger partial charge on any atom is 0.173 e. The molecule has 0 amide bonds. The average Bonchev–Trinajstić information content (AvgIpc) is 2.42. The van der Waals surface area contributed by atoms with E-state index >= 15 is 0 Å². The van der Waals surface area contributed by atoms with Crippen LogP contribution in [0.15, 0.2) is 9.85 Å². The number of rotatable bonds is 4. The molecular formula is C9H11BrO3S2. The molecule has 84 valence electrons. The Labute approximate surface area is 102 Å². The second kappa shape index (κ2) is 4.76. The number of ketones is 1. The summed E-state index contributed by atoms with van der Waals surface area (Å²) in [6, 6.07) is 1.78. The lowest BCUT2D eigenvalue weighted by molar-refractivity contribution is 0.0992. The van der Waals surface area contributed by atoms with Crippen LogP contribution in [0.4, 0.5) is 0 Å². The van der Waals surface area contributed by atoms with Gasteiger partial charge in [0.1, 0.15) is 9.84 Å². The SMILES string of the molecule is Cc1cc(C(=O)CCS(C)(=O)=O)sc1Br. The molecule has 0 bridgehead atoms. The van der Waals surface area contributed by atoms with E-state index < -0.39 is 9.84 Å². The van der Waals surface area contributed by atoms with Crippen molar-refractivity contribution in [2.45, 2.75) is 13.3 Å². The first-order valence-corrected chi connectivity index (χ1v) is 7.93. The van der Waals surface area contributed by atoms with Crippen LogP contribution in [0.3, 0.4) is 0 Å². The van der Waals surface area contributed by atoms with E-state index in [0.717, 1.165) is 15.6 Å². The maximum absolute atomic E-state index is 11.6. The summed E-state index contributed by atoms with van der Waals surface area (Å²) in [7, 11) is -3.06. The Hall–Kier alpha value is -0.200. The molecule has 0 unspecified atom stereocenters. The third-order valence-electron chi connectivity index (χ3n) is 1.83. The van der Waals surface area contributed by atoms with Gasteiger partial charge in [-0.3, -0.25) is 4.79 Å². The van der Waals surface area contributed by atoms with Gasteiger partial charge in [0.2, 0.25) is 0 Å². The predicted molar refractivity (Wildman–Crippen MR) is 65.4 cm³/mol. The first-order chi connectivity index (χ1) is 6.79. The van der Waals surface area contributed by atoms with Gasteiger partial charge in [0.25, 0.3) is 0 Å². The molecule has 0 N–H and O–H groups in total. The number of hydrogen-bond acceptors (Lipinski definition) is 4. The monoisotopic (exact) mass is 310 g/mol. The van der Waals surface area contributed by atoms with Gasteiger partial charge in [0, 0.05) is 12.7 Å². The molecule has 0 aliphatic heterocycles. The van der Waals surface area contributed by atoms with Crippen molar-refractivity contribution in [1.29, 1.82) is 0 Å². The third kappa shape index (κ3) is 4.04. The predicted octanol–water partition coefficient (Wildman–Crippen LogP) is 2.44. The van der Waals surface area contributed by atoms with Crippen molar-refractivity contribution in [2.24, 2.45) is 0 Å². The third-order valence-corrected chi connectivity index (χ3v) is 4.96. The highest BCUT2D eigenvalue weighted by molar-refractivity contribution is 9.11. The highest BCUT2D eigenvalue weighted by Gasteiger charge is 2.13. The Balaban J connectivity index is 2.70. The van der Waals surface area contributed by atoms with E-state index in [-0.39, 0.29) is 18.0 Å². The summed E-state index contributed by atoms with van der Waals surface area (Å²) in [5.41, 5.74) is 1.00. The standard InChI is InChI=1S/C9H11BrO3S2/c1-6-5-8(14-9(6)10)7(11)3-4-15(2,12)13/h5H,3-4H2,1-2H3. The largest absolute Gasteiger partial charge is 0.293 e. The summed E-state index contributed by atoms with van der Waals surface area (Å²) in [5.74, 6) is -0.195. The van der Waals surface area contributed by atoms with Gasteiger partial charge < -0.3 is 0 Å². The minimum Gasteiger partial charge on any atom is -0.293 e. The number of Topliss-reactive ketones (excluding diaryl/α,β-unsaturated/α-hetero) is 1. The number of carbonyl (C=O) groups excluding carboxylic acids is 1. The molecule has 0 fully saturated rings. The lowest BCUT2D eigenvalue weighted by atomic mass is 10.2. The van der Waals surface area contributed by atoms with E-state index in [0.29, 0.717) is 4.88 Å². The smallest absolute Gasteiger partial charge is 0.173 e. The van der Waals surface area contributed by atoms with E-state index in [1.807, 2.05) is 6.92 Å². The molecule has 0 atom stereocenters. The fraction of sp³-hybridized carbons (Fsp3) is 0.444.